The molecule has 0 saturated heterocycles. The van der Waals surface area contributed by atoms with Gasteiger partial charge in [0, 0.05) is 33.0 Å². The molecule has 1 aliphatic rings. The van der Waals surface area contributed by atoms with Crippen LogP contribution in [0.2, 0.25) is 0 Å². The molecular weight excluding hydrogens is 304 g/mol. The second-order valence-electron chi connectivity index (χ2n) is 6.57. The first-order chi connectivity index (χ1) is 11.6. The van der Waals surface area contributed by atoms with E-state index in [1.54, 1.807) is 14.2 Å². The van der Waals surface area contributed by atoms with E-state index in [4.69, 9.17) is 9.47 Å². The Morgan fingerprint density at radius 2 is 1.83 bits per heavy atom. The van der Waals surface area contributed by atoms with Gasteiger partial charge in [-0.15, -0.1) is 0 Å². The zero-order chi connectivity index (χ0) is 17.4. The first-order valence-electron chi connectivity index (χ1n) is 8.78. The van der Waals surface area contributed by atoms with Crippen LogP contribution in [0.15, 0.2) is 24.3 Å². The van der Waals surface area contributed by atoms with Crippen molar-refractivity contribution in [1.82, 2.24) is 4.90 Å². The molecule has 0 spiro atoms. The summed E-state index contributed by atoms with van der Waals surface area (Å²) in [6.45, 7) is 1.40. The maximum atomic E-state index is 13.1. The fourth-order valence-electron chi connectivity index (χ4n) is 3.41. The largest absolute Gasteiger partial charge is 0.497 e. The van der Waals surface area contributed by atoms with Crippen molar-refractivity contribution < 1.29 is 14.3 Å². The summed E-state index contributed by atoms with van der Waals surface area (Å²) in [5, 5.41) is 3.54. The van der Waals surface area contributed by atoms with Gasteiger partial charge in [-0.25, -0.2) is 0 Å². The van der Waals surface area contributed by atoms with Gasteiger partial charge in [0.2, 0.25) is 5.91 Å². The predicted octanol–water partition coefficient (Wildman–Crippen LogP) is 3.30. The molecule has 0 radical (unpaired) electrons. The van der Waals surface area contributed by atoms with Crippen LogP contribution in [0.4, 0.5) is 5.69 Å². The Morgan fingerprint density at radius 1 is 1.17 bits per heavy atom. The van der Waals surface area contributed by atoms with Crippen molar-refractivity contribution >= 4 is 11.6 Å². The summed E-state index contributed by atoms with van der Waals surface area (Å²) < 4.78 is 10.3. The summed E-state index contributed by atoms with van der Waals surface area (Å²) >= 11 is 0. The van der Waals surface area contributed by atoms with E-state index in [0.717, 1.165) is 50.1 Å². The number of hydrogen-bond acceptors (Lipinski definition) is 4. The fraction of sp³-hybridized carbons (Fsp3) is 0.632. The number of methoxy groups -OCH3 is 2. The van der Waals surface area contributed by atoms with Gasteiger partial charge >= 0.3 is 0 Å². The Balaban J connectivity index is 2.10. The topological polar surface area (TPSA) is 50.8 Å². The van der Waals surface area contributed by atoms with E-state index in [-0.39, 0.29) is 5.91 Å². The third-order valence-corrected chi connectivity index (χ3v) is 4.78. The molecule has 1 amide bonds. The molecule has 0 unspecified atom stereocenters. The third kappa shape index (κ3) is 4.63. The Kier molecular flexibility index (Phi) is 6.91. The highest BCUT2D eigenvalue weighted by Gasteiger charge is 2.41. The molecule has 1 saturated carbocycles. The van der Waals surface area contributed by atoms with Gasteiger partial charge < -0.3 is 19.7 Å². The first-order valence-corrected chi connectivity index (χ1v) is 8.78. The quantitative estimate of drug-likeness (QED) is 0.741. The molecule has 1 aromatic carbocycles. The van der Waals surface area contributed by atoms with E-state index < -0.39 is 5.54 Å². The van der Waals surface area contributed by atoms with E-state index in [0.29, 0.717) is 6.61 Å². The molecule has 1 fully saturated rings. The second kappa shape index (κ2) is 8.92. The number of ether oxygens (including phenoxy) is 2. The summed E-state index contributed by atoms with van der Waals surface area (Å²) in [6.07, 6.45) is 5.99. The van der Waals surface area contributed by atoms with Gasteiger partial charge in [0.25, 0.3) is 0 Å². The zero-order valence-electron chi connectivity index (χ0n) is 15.1. The van der Waals surface area contributed by atoms with Gasteiger partial charge in [0.05, 0.1) is 7.11 Å². The maximum absolute atomic E-state index is 13.1. The highest BCUT2D eigenvalue weighted by atomic mass is 16.5. The molecule has 1 aliphatic carbocycles. The summed E-state index contributed by atoms with van der Waals surface area (Å²) in [6, 6.07) is 7.80. The van der Waals surface area contributed by atoms with Crippen molar-refractivity contribution in [2.24, 2.45) is 0 Å². The van der Waals surface area contributed by atoms with Crippen LogP contribution in [0.3, 0.4) is 0 Å². The normalized spacial score (nSPS) is 16.5. The number of amides is 1. The monoisotopic (exact) mass is 334 g/mol. The Labute approximate surface area is 145 Å². The molecule has 0 heterocycles. The molecule has 2 rings (SSSR count). The highest BCUT2D eigenvalue weighted by molar-refractivity contribution is 5.89. The van der Waals surface area contributed by atoms with Crippen LogP contribution >= 0.6 is 0 Å². The van der Waals surface area contributed by atoms with Gasteiger partial charge in [-0.3, -0.25) is 4.79 Å². The number of hydrogen-bond donors (Lipinski definition) is 1. The van der Waals surface area contributed by atoms with Gasteiger partial charge in [0.15, 0.2) is 0 Å². The van der Waals surface area contributed by atoms with Crippen molar-refractivity contribution in [2.75, 3.05) is 39.7 Å². The van der Waals surface area contributed by atoms with Crippen molar-refractivity contribution in [2.45, 2.75) is 44.1 Å². The standard InChI is InChI=1S/C19H30N2O3/c1-21(14-7-15-23-2)18(22)19(12-5-4-6-13-19)20-16-8-10-17(24-3)11-9-16/h8-11,20H,4-7,12-15H2,1-3H3. The van der Waals surface area contributed by atoms with Gasteiger partial charge in [-0.05, 0) is 43.5 Å². The number of benzene rings is 1. The molecule has 0 bridgehead atoms. The van der Waals surface area contributed by atoms with Crippen molar-refractivity contribution in [3.63, 3.8) is 0 Å². The van der Waals surface area contributed by atoms with Gasteiger partial charge in [-0.1, -0.05) is 19.3 Å². The second-order valence-corrected chi connectivity index (χ2v) is 6.57. The van der Waals surface area contributed by atoms with Crippen LogP contribution < -0.4 is 10.1 Å². The number of likely N-dealkylation sites (N-methyl/N-ethyl adjacent to an activating group) is 1. The van der Waals surface area contributed by atoms with Crippen molar-refractivity contribution in [3.05, 3.63) is 24.3 Å². The number of carbonyl (C=O) groups excluding carboxylic acids is 1. The Hall–Kier alpha value is -1.75. The highest BCUT2D eigenvalue weighted by Crippen LogP contribution is 2.33. The van der Waals surface area contributed by atoms with E-state index in [9.17, 15) is 4.79 Å². The molecule has 0 aromatic heterocycles. The number of carbonyl (C=O) groups is 1. The van der Waals surface area contributed by atoms with E-state index in [1.807, 2.05) is 36.2 Å². The van der Waals surface area contributed by atoms with Gasteiger partial charge in [-0.2, -0.15) is 0 Å². The summed E-state index contributed by atoms with van der Waals surface area (Å²) in [5.74, 6) is 1.01. The van der Waals surface area contributed by atoms with E-state index in [2.05, 4.69) is 5.32 Å². The van der Waals surface area contributed by atoms with Crippen LogP contribution in [-0.4, -0.2) is 50.8 Å². The molecule has 1 N–H and O–H groups in total. The minimum Gasteiger partial charge on any atom is -0.497 e. The summed E-state index contributed by atoms with van der Waals surface area (Å²) in [4.78, 5) is 15.0. The number of nitrogens with one attached hydrogen (secondary N) is 1. The predicted molar refractivity (Wildman–Crippen MR) is 96.6 cm³/mol. The van der Waals surface area contributed by atoms with Crippen LogP contribution in [0, 0.1) is 0 Å². The van der Waals surface area contributed by atoms with Crippen LogP contribution in [0.5, 0.6) is 5.75 Å². The average Bonchev–Trinajstić information content (AvgIpc) is 2.62. The summed E-state index contributed by atoms with van der Waals surface area (Å²) in [5.41, 5.74) is 0.477. The third-order valence-electron chi connectivity index (χ3n) is 4.78. The lowest BCUT2D eigenvalue weighted by Gasteiger charge is -2.40. The van der Waals surface area contributed by atoms with Gasteiger partial charge in [0.1, 0.15) is 11.3 Å². The lowest BCUT2D eigenvalue weighted by atomic mass is 9.80. The minimum absolute atomic E-state index is 0.189. The maximum Gasteiger partial charge on any atom is 0.247 e. The van der Waals surface area contributed by atoms with Crippen LogP contribution in [0.25, 0.3) is 0 Å². The van der Waals surface area contributed by atoms with Crippen LogP contribution in [0.1, 0.15) is 38.5 Å². The lowest BCUT2D eigenvalue weighted by molar-refractivity contribution is -0.136. The first kappa shape index (κ1) is 18.6. The molecular formula is C19H30N2O3. The Bertz CT molecular complexity index is 510. The molecule has 1 aromatic rings. The lowest BCUT2D eigenvalue weighted by Crippen LogP contribution is -2.54. The molecule has 24 heavy (non-hydrogen) atoms. The van der Waals surface area contributed by atoms with E-state index >= 15 is 0 Å². The smallest absolute Gasteiger partial charge is 0.247 e. The molecule has 5 heteroatoms. The van der Waals surface area contributed by atoms with Crippen molar-refractivity contribution in [3.8, 4) is 5.75 Å². The summed E-state index contributed by atoms with van der Waals surface area (Å²) in [7, 11) is 5.24. The van der Waals surface area contributed by atoms with Crippen LogP contribution in [-0.2, 0) is 9.53 Å². The average molecular weight is 334 g/mol. The SMILES string of the molecule is COCCCN(C)C(=O)C1(Nc2ccc(OC)cc2)CCCCC1. The molecule has 134 valence electrons. The Morgan fingerprint density at radius 3 is 2.42 bits per heavy atom. The van der Waals surface area contributed by atoms with Crippen molar-refractivity contribution in [1.29, 1.82) is 0 Å². The molecule has 0 atom stereocenters. The van der Waals surface area contributed by atoms with E-state index in [1.165, 1.54) is 6.42 Å². The number of anilines is 1. The fourth-order valence-corrected chi connectivity index (χ4v) is 3.41. The number of rotatable bonds is 8. The minimum atomic E-state index is -0.491. The molecule has 5 nitrogen and oxygen atoms in total. The molecule has 0 aliphatic heterocycles. The zero-order valence-corrected chi connectivity index (χ0v) is 15.1. The number of nitrogens with zero attached hydrogens (tertiary/aromatic N) is 1.